The number of amides is 2. The lowest BCUT2D eigenvalue weighted by Gasteiger charge is -2.09. The van der Waals surface area contributed by atoms with Crippen LogP contribution in [0.15, 0.2) is 29.0 Å². The number of halogens is 2. The third-order valence-electron chi connectivity index (χ3n) is 4.31. The lowest BCUT2D eigenvalue weighted by atomic mass is 10.3. The fourth-order valence-corrected chi connectivity index (χ4v) is 2.87. The van der Waals surface area contributed by atoms with Crippen LogP contribution in [0, 0.1) is 17.0 Å². The molecule has 0 atom stereocenters. The zero-order chi connectivity index (χ0) is 22.7. The Kier molecular flexibility index (Phi) is 6.08. The van der Waals surface area contributed by atoms with Crippen molar-refractivity contribution in [3.05, 3.63) is 57.5 Å². The van der Waals surface area contributed by atoms with Crippen LogP contribution in [-0.2, 0) is 24.9 Å². The first kappa shape index (κ1) is 21.6. The Labute approximate surface area is 173 Å². The summed E-state index contributed by atoms with van der Waals surface area (Å²) in [6.45, 7) is 0.737. The Balaban J connectivity index is 1.74. The van der Waals surface area contributed by atoms with E-state index in [-0.39, 0.29) is 23.6 Å². The molecular weight excluding hydrogens is 420 g/mol. The molecule has 0 saturated carbocycles. The van der Waals surface area contributed by atoms with Gasteiger partial charge in [-0.3, -0.25) is 29.1 Å². The summed E-state index contributed by atoms with van der Waals surface area (Å²) in [7, 11) is 1.49. The monoisotopic (exact) mass is 437 g/mol. The average molecular weight is 437 g/mol. The molecule has 0 unspecified atom stereocenters. The number of nitro groups is 1. The van der Waals surface area contributed by atoms with Crippen LogP contribution in [0.2, 0.25) is 0 Å². The van der Waals surface area contributed by atoms with Crippen LogP contribution in [0.1, 0.15) is 34.1 Å². The molecule has 0 aromatic carbocycles. The number of hydrogen-bond donors (Lipinski definition) is 2. The highest BCUT2D eigenvalue weighted by atomic mass is 19.3. The minimum atomic E-state index is -3.17. The molecule has 0 spiro atoms. The number of aryl methyl sites for hydroxylation is 1. The van der Waals surface area contributed by atoms with Crippen molar-refractivity contribution < 1.29 is 27.7 Å². The van der Waals surface area contributed by atoms with E-state index in [9.17, 15) is 28.5 Å². The van der Waals surface area contributed by atoms with E-state index in [0.29, 0.717) is 5.76 Å². The van der Waals surface area contributed by atoms with Crippen molar-refractivity contribution in [3.8, 4) is 0 Å². The van der Waals surface area contributed by atoms with Crippen molar-refractivity contribution in [2.75, 3.05) is 5.32 Å². The largest absolute Gasteiger partial charge is 0.467 e. The molecule has 0 radical (unpaired) electrons. The molecule has 2 N–H and O–H groups in total. The van der Waals surface area contributed by atoms with E-state index < -0.39 is 41.1 Å². The van der Waals surface area contributed by atoms with Crippen molar-refractivity contribution >= 4 is 23.2 Å². The number of hydrogen-bond acceptors (Lipinski definition) is 7. The second kappa shape index (κ2) is 8.73. The van der Waals surface area contributed by atoms with E-state index in [4.69, 9.17) is 4.42 Å². The van der Waals surface area contributed by atoms with Gasteiger partial charge in [-0.2, -0.15) is 10.2 Å². The summed E-state index contributed by atoms with van der Waals surface area (Å²) in [5, 5.41) is 23.5. The number of alkyl halides is 2. The quantitative estimate of drug-likeness (QED) is 0.404. The molecule has 3 heterocycles. The molecule has 3 rings (SSSR count). The first-order valence-electron chi connectivity index (χ1n) is 8.81. The van der Waals surface area contributed by atoms with Gasteiger partial charge in [-0.1, -0.05) is 0 Å². The van der Waals surface area contributed by atoms with Crippen molar-refractivity contribution in [2.24, 2.45) is 7.05 Å². The van der Waals surface area contributed by atoms with Crippen molar-refractivity contribution in [2.45, 2.75) is 26.4 Å². The molecule has 0 bridgehead atoms. The normalized spacial score (nSPS) is 11.0. The van der Waals surface area contributed by atoms with Gasteiger partial charge >= 0.3 is 5.69 Å². The van der Waals surface area contributed by atoms with Gasteiger partial charge in [-0.15, -0.1) is 0 Å². The van der Waals surface area contributed by atoms with Gasteiger partial charge in [0.05, 0.1) is 29.6 Å². The maximum atomic E-state index is 13.0. The summed E-state index contributed by atoms with van der Waals surface area (Å²) >= 11 is 0. The van der Waals surface area contributed by atoms with Gasteiger partial charge in [0.1, 0.15) is 23.7 Å². The van der Waals surface area contributed by atoms with Gasteiger partial charge < -0.3 is 15.1 Å². The van der Waals surface area contributed by atoms with E-state index in [0.717, 1.165) is 4.68 Å². The molecule has 0 saturated heterocycles. The van der Waals surface area contributed by atoms with Gasteiger partial charge in [0.25, 0.3) is 12.3 Å². The second-order valence-electron chi connectivity index (χ2n) is 6.38. The minimum absolute atomic E-state index is 0.0383. The number of rotatable bonds is 8. The topological polar surface area (TPSA) is 150 Å². The predicted molar refractivity (Wildman–Crippen MR) is 100 cm³/mol. The summed E-state index contributed by atoms with van der Waals surface area (Å²) in [5.74, 6) is -0.765. The van der Waals surface area contributed by atoms with Crippen LogP contribution >= 0.6 is 0 Å². The highest BCUT2D eigenvalue weighted by Gasteiger charge is 2.31. The summed E-state index contributed by atoms with van der Waals surface area (Å²) in [6.07, 6.45) is -0.479. The molecule has 2 amide bonds. The number of nitrogens with zero attached hydrogens (tertiary/aromatic N) is 5. The van der Waals surface area contributed by atoms with Crippen molar-refractivity contribution in [1.82, 2.24) is 24.9 Å². The molecule has 14 heteroatoms. The first-order valence-corrected chi connectivity index (χ1v) is 8.81. The first-order chi connectivity index (χ1) is 14.7. The lowest BCUT2D eigenvalue weighted by Crippen LogP contribution is -2.27. The predicted octanol–water partition coefficient (Wildman–Crippen LogP) is 1.93. The number of furan rings is 1. The molecule has 0 aliphatic carbocycles. The zero-order valence-electron chi connectivity index (χ0n) is 16.3. The van der Waals surface area contributed by atoms with Crippen LogP contribution < -0.4 is 10.6 Å². The Morgan fingerprint density at radius 3 is 2.71 bits per heavy atom. The number of nitrogens with one attached hydrogen (secondary N) is 2. The number of carbonyl (C=O) groups is 2. The highest BCUT2D eigenvalue weighted by Crippen LogP contribution is 2.30. The minimum Gasteiger partial charge on any atom is -0.467 e. The molecule has 0 fully saturated rings. The lowest BCUT2D eigenvalue weighted by molar-refractivity contribution is -0.386. The Hall–Kier alpha value is -4.10. The Morgan fingerprint density at radius 2 is 2.13 bits per heavy atom. The van der Waals surface area contributed by atoms with Crippen LogP contribution in [0.4, 0.5) is 20.2 Å². The molecular formula is C17H17F2N7O5. The maximum Gasteiger partial charge on any atom is 0.319 e. The van der Waals surface area contributed by atoms with Gasteiger partial charge in [0.2, 0.25) is 11.6 Å². The molecule has 3 aromatic rings. The van der Waals surface area contributed by atoms with Gasteiger partial charge in [0, 0.05) is 7.05 Å². The molecule has 0 aliphatic rings. The summed E-state index contributed by atoms with van der Waals surface area (Å²) in [5.41, 5.74) is -1.95. The summed E-state index contributed by atoms with van der Waals surface area (Å²) in [4.78, 5) is 35.0. The number of carbonyl (C=O) groups excluding carboxylic acids is 2. The third kappa shape index (κ3) is 4.57. The van der Waals surface area contributed by atoms with Crippen LogP contribution in [0.3, 0.4) is 0 Å². The molecule has 164 valence electrons. The van der Waals surface area contributed by atoms with E-state index in [1.165, 1.54) is 31.1 Å². The maximum absolute atomic E-state index is 13.0. The van der Waals surface area contributed by atoms with Crippen molar-refractivity contribution in [1.29, 1.82) is 0 Å². The summed E-state index contributed by atoms with van der Waals surface area (Å²) in [6, 6.07) is 3.34. The average Bonchev–Trinajstić information content (AvgIpc) is 3.40. The van der Waals surface area contributed by atoms with E-state index in [1.54, 1.807) is 12.1 Å². The molecule has 0 aliphatic heterocycles. The summed E-state index contributed by atoms with van der Waals surface area (Å²) < 4.78 is 33.3. The smallest absolute Gasteiger partial charge is 0.319 e. The van der Waals surface area contributed by atoms with Gasteiger partial charge in [-0.05, 0) is 19.1 Å². The van der Waals surface area contributed by atoms with Gasteiger partial charge in [-0.25, -0.2) is 8.78 Å². The SMILES string of the molecule is Cc1c([N+](=O)[O-])c(C(F)F)nn1CC(=O)Nc1cnn(C)c1C(=O)NCc1ccco1. The van der Waals surface area contributed by atoms with Crippen LogP contribution in [0.25, 0.3) is 0 Å². The van der Waals surface area contributed by atoms with E-state index >= 15 is 0 Å². The van der Waals surface area contributed by atoms with E-state index in [2.05, 4.69) is 20.8 Å². The van der Waals surface area contributed by atoms with Crippen LogP contribution in [0.5, 0.6) is 0 Å². The van der Waals surface area contributed by atoms with Crippen LogP contribution in [-0.4, -0.2) is 36.3 Å². The van der Waals surface area contributed by atoms with Gasteiger partial charge in [0.15, 0.2) is 0 Å². The third-order valence-corrected chi connectivity index (χ3v) is 4.31. The zero-order valence-corrected chi connectivity index (χ0v) is 16.3. The fourth-order valence-electron chi connectivity index (χ4n) is 2.87. The second-order valence-corrected chi connectivity index (χ2v) is 6.38. The highest BCUT2D eigenvalue weighted by molar-refractivity contribution is 6.02. The standard InChI is InChI=1S/C17H17F2N7O5/c1-9-14(26(29)30)13(16(18)19)23-25(9)8-12(27)22-11-7-21-24(2)15(11)17(28)20-6-10-4-3-5-31-10/h3-5,7,16H,6,8H2,1-2H3,(H,20,28)(H,22,27). The Bertz CT molecular complexity index is 1120. The number of anilines is 1. The van der Waals surface area contributed by atoms with E-state index in [1.807, 2.05) is 0 Å². The molecule has 31 heavy (non-hydrogen) atoms. The molecule has 12 nitrogen and oxygen atoms in total. The Morgan fingerprint density at radius 1 is 1.39 bits per heavy atom. The molecule has 3 aromatic heterocycles. The fraction of sp³-hybridized carbons (Fsp3) is 0.294. The number of aromatic nitrogens is 4. The van der Waals surface area contributed by atoms with Crippen molar-refractivity contribution in [3.63, 3.8) is 0 Å².